The number of amides is 2. The van der Waals surface area contributed by atoms with E-state index < -0.39 is 10.8 Å². The van der Waals surface area contributed by atoms with Crippen molar-refractivity contribution in [1.29, 1.82) is 0 Å². The molecule has 0 fully saturated rings. The van der Waals surface area contributed by atoms with E-state index in [2.05, 4.69) is 15.8 Å². The van der Waals surface area contributed by atoms with Gasteiger partial charge in [-0.05, 0) is 5.56 Å². The predicted molar refractivity (Wildman–Crippen MR) is 96.4 cm³/mol. The van der Waals surface area contributed by atoms with Crippen molar-refractivity contribution in [3.05, 3.63) is 75.8 Å². The molecule has 0 saturated heterocycles. The first kappa shape index (κ1) is 18.8. The molecule has 0 aliphatic carbocycles. The van der Waals surface area contributed by atoms with Crippen LogP contribution in [-0.2, 0) is 16.1 Å². The van der Waals surface area contributed by atoms with Gasteiger partial charge in [0, 0.05) is 37.1 Å². The van der Waals surface area contributed by atoms with Crippen molar-refractivity contribution in [3.63, 3.8) is 0 Å². The Morgan fingerprint density at radius 2 is 1.77 bits per heavy atom. The number of benzene rings is 2. The highest BCUT2D eigenvalue weighted by atomic mass is 16.6. The van der Waals surface area contributed by atoms with Crippen LogP contribution in [0, 0.1) is 10.1 Å². The Labute approximate surface area is 150 Å². The molecule has 0 saturated carbocycles. The molecule has 2 amide bonds. The maximum absolute atomic E-state index is 11.7. The van der Waals surface area contributed by atoms with Crippen LogP contribution in [0.15, 0.2) is 59.7 Å². The molecule has 134 valence electrons. The molecule has 0 radical (unpaired) electrons. The zero-order valence-corrected chi connectivity index (χ0v) is 13.9. The SMILES string of the molecule is O=C(CCC(=O)NN=Cc1cccc([N+](=O)[O-])c1)NCc1ccccc1. The second-order valence-electron chi connectivity index (χ2n) is 5.41. The average molecular weight is 354 g/mol. The molecule has 8 heteroatoms. The van der Waals surface area contributed by atoms with Gasteiger partial charge in [0.05, 0.1) is 11.1 Å². The molecule has 2 aromatic carbocycles. The molecule has 2 rings (SSSR count). The first-order valence-electron chi connectivity index (χ1n) is 7.91. The minimum Gasteiger partial charge on any atom is -0.352 e. The number of nitrogens with zero attached hydrogens (tertiary/aromatic N) is 2. The Balaban J connectivity index is 1.70. The van der Waals surface area contributed by atoms with Crippen LogP contribution < -0.4 is 10.7 Å². The van der Waals surface area contributed by atoms with Crippen molar-refractivity contribution >= 4 is 23.7 Å². The van der Waals surface area contributed by atoms with Crippen molar-refractivity contribution in [2.24, 2.45) is 5.10 Å². The van der Waals surface area contributed by atoms with Crippen molar-refractivity contribution in [2.75, 3.05) is 0 Å². The summed E-state index contributed by atoms with van der Waals surface area (Å²) < 4.78 is 0. The summed E-state index contributed by atoms with van der Waals surface area (Å²) in [6, 6.07) is 15.3. The van der Waals surface area contributed by atoms with Gasteiger partial charge in [-0.1, -0.05) is 42.5 Å². The Morgan fingerprint density at radius 3 is 2.50 bits per heavy atom. The first-order chi connectivity index (χ1) is 12.5. The summed E-state index contributed by atoms with van der Waals surface area (Å²) in [4.78, 5) is 33.6. The maximum atomic E-state index is 11.7. The minimum absolute atomic E-state index is 0.00704. The van der Waals surface area contributed by atoms with Gasteiger partial charge in [0.1, 0.15) is 0 Å². The van der Waals surface area contributed by atoms with E-state index in [0.29, 0.717) is 12.1 Å². The fourth-order valence-corrected chi connectivity index (χ4v) is 2.07. The largest absolute Gasteiger partial charge is 0.352 e. The number of hydrogen-bond acceptors (Lipinski definition) is 5. The van der Waals surface area contributed by atoms with E-state index in [1.54, 1.807) is 6.07 Å². The highest BCUT2D eigenvalue weighted by Crippen LogP contribution is 2.11. The Kier molecular flexibility index (Phi) is 6.99. The molecule has 0 heterocycles. The predicted octanol–water partition coefficient (Wildman–Crippen LogP) is 2.14. The number of nitro benzene ring substituents is 1. The van der Waals surface area contributed by atoms with Gasteiger partial charge in [0.15, 0.2) is 0 Å². The number of carbonyl (C=O) groups excluding carboxylic acids is 2. The van der Waals surface area contributed by atoms with E-state index in [0.717, 1.165) is 5.56 Å². The normalized spacial score (nSPS) is 10.5. The zero-order chi connectivity index (χ0) is 18.8. The van der Waals surface area contributed by atoms with E-state index >= 15 is 0 Å². The standard InChI is InChI=1S/C18H18N4O4/c23-17(19-12-14-5-2-1-3-6-14)9-10-18(24)21-20-13-15-7-4-8-16(11-15)22(25)26/h1-8,11,13H,9-10,12H2,(H,19,23)(H,21,24). The smallest absolute Gasteiger partial charge is 0.270 e. The van der Waals surface area contributed by atoms with Crippen molar-refractivity contribution < 1.29 is 14.5 Å². The highest BCUT2D eigenvalue weighted by Gasteiger charge is 2.07. The van der Waals surface area contributed by atoms with Gasteiger partial charge < -0.3 is 5.32 Å². The second kappa shape index (κ2) is 9.67. The van der Waals surface area contributed by atoms with Gasteiger partial charge in [-0.15, -0.1) is 0 Å². The van der Waals surface area contributed by atoms with Crippen LogP contribution in [0.5, 0.6) is 0 Å². The lowest BCUT2D eigenvalue weighted by molar-refractivity contribution is -0.384. The monoisotopic (exact) mass is 354 g/mol. The number of nitro groups is 1. The lowest BCUT2D eigenvalue weighted by atomic mass is 10.2. The van der Waals surface area contributed by atoms with E-state index in [4.69, 9.17) is 0 Å². The van der Waals surface area contributed by atoms with Gasteiger partial charge in [-0.2, -0.15) is 5.10 Å². The Hall–Kier alpha value is -3.55. The number of hydrazone groups is 1. The Bertz CT molecular complexity index is 806. The lowest BCUT2D eigenvalue weighted by Gasteiger charge is -2.04. The zero-order valence-electron chi connectivity index (χ0n) is 13.9. The summed E-state index contributed by atoms with van der Waals surface area (Å²) in [6.07, 6.45) is 1.35. The fourth-order valence-electron chi connectivity index (χ4n) is 2.07. The van der Waals surface area contributed by atoms with Crippen LogP contribution in [0.2, 0.25) is 0 Å². The summed E-state index contributed by atoms with van der Waals surface area (Å²) in [7, 11) is 0. The third-order valence-electron chi connectivity index (χ3n) is 3.40. The molecular weight excluding hydrogens is 336 g/mol. The molecule has 0 atom stereocenters. The van der Waals surface area contributed by atoms with Crippen LogP contribution in [0.1, 0.15) is 24.0 Å². The second-order valence-corrected chi connectivity index (χ2v) is 5.41. The quantitative estimate of drug-likeness (QED) is 0.429. The number of hydrogen-bond donors (Lipinski definition) is 2. The molecule has 26 heavy (non-hydrogen) atoms. The van der Waals surface area contributed by atoms with Gasteiger partial charge in [-0.25, -0.2) is 5.43 Å². The van der Waals surface area contributed by atoms with Gasteiger partial charge in [0.25, 0.3) is 5.69 Å². The number of carbonyl (C=O) groups is 2. The van der Waals surface area contributed by atoms with Crippen molar-refractivity contribution in [1.82, 2.24) is 10.7 Å². The van der Waals surface area contributed by atoms with Crippen LogP contribution in [0.4, 0.5) is 5.69 Å². The van der Waals surface area contributed by atoms with Crippen LogP contribution in [-0.4, -0.2) is 23.0 Å². The average Bonchev–Trinajstić information content (AvgIpc) is 2.66. The lowest BCUT2D eigenvalue weighted by Crippen LogP contribution is -2.25. The summed E-state index contributed by atoms with van der Waals surface area (Å²) >= 11 is 0. The third kappa shape index (κ3) is 6.52. The van der Waals surface area contributed by atoms with Crippen molar-refractivity contribution in [2.45, 2.75) is 19.4 Å². The van der Waals surface area contributed by atoms with Crippen molar-refractivity contribution in [3.8, 4) is 0 Å². The topological polar surface area (TPSA) is 114 Å². The number of rotatable bonds is 8. The highest BCUT2D eigenvalue weighted by molar-refractivity contribution is 5.85. The molecule has 0 spiro atoms. The summed E-state index contributed by atoms with van der Waals surface area (Å²) in [6.45, 7) is 0.409. The molecule has 0 aliphatic heterocycles. The van der Waals surface area contributed by atoms with E-state index in [1.165, 1.54) is 24.4 Å². The molecule has 0 bridgehead atoms. The fraction of sp³-hybridized carbons (Fsp3) is 0.167. The molecule has 2 N–H and O–H groups in total. The van der Waals surface area contributed by atoms with E-state index in [9.17, 15) is 19.7 Å². The summed E-state index contributed by atoms with van der Waals surface area (Å²) in [5.41, 5.74) is 3.69. The van der Waals surface area contributed by atoms with E-state index in [-0.39, 0.29) is 24.4 Å². The van der Waals surface area contributed by atoms with Crippen LogP contribution in [0.3, 0.4) is 0 Å². The van der Waals surface area contributed by atoms with Gasteiger partial charge in [-0.3, -0.25) is 19.7 Å². The summed E-state index contributed by atoms with van der Waals surface area (Å²) in [5, 5.41) is 17.1. The number of non-ortho nitro benzene ring substituents is 1. The van der Waals surface area contributed by atoms with Gasteiger partial charge in [0.2, 0.25) is 11.8 Å². The number of nitrogens with one attached hydrogen (secondary N) is 2. The molecule has 2 aromatic rings. The Morgan fingerprint density at radius 1 is 1.04 bits per heavy atom. The summed E-state index contributed by atoms with van der Waals surface area (Å²) in [5.74, 6) is -0.645. The molecule has 0 unspecified atom stereocenters. The molecule has 0 aliphatic rings. The third-order valence-corrected chi connectivity index (χ3v) is 3.40. The van der Waals surface area contributed by atoms with Crippen LogP contribution >= 0.6 is 0 Å². The minimum atomic E-state index is -0.510. The molecule has 0 aromatic heterocycles. The molecular formula is C18H18N4O4. The van der Waals surface area contributed by atoms with Crippen LogP contribution in [0.25, 0.3) is 0 Å². The van der Waals surface area contributed by atoms with Gasteiger partial charge >= 0.3 is 0 Å². The maximum Gasteiger partial charge on any atom is 0.270 e. The van der Waals surface area contributed by atoms with E-state index in [1.807, 2.05) is 30.3 Å². The molecule has 8 nitrogen and oxygen atoms in total. The first-order valence-corrected chi connectivity index (χ1v) is 7.91.